The molecule has 226 valence electrons. The highest BCUT2D eigenvalue weighted by atomic mass is 35.5. The fourth-order valence-corrected chi connectivity index (χ4v) is 13.0. The molecule has 4 heterocycles. The zero-order valence-electron chi connectivity index (χ0n) is 23.0. The number of anilines is 2. The average molecular weight is 682 g/mol. The molecule has 4 aliphatic heterocycles. The van der Waals surface area contributed by atoms with Gasteiger partial charge in [0, 0.05) is 42.5 Å². The lowest BCUT2D eigenvalue weighted by Crippen LogP contribution is -2.50. The third-order valence-electron chi connectivity index (χ3n) is 8.28. The first-order chi connectivity index (χ1) is 20.7. The van der Waals surface area contributed by atoms with Crippen LogP contribution in [0.25, 0.3) is 0 Å². The zero-order valence-corrected chi connectivity index (χ0v) is 27.0. The summed E-state index contributed by atoms with van der Waals surface area (Å²) in [6.45, 7) is 3.28. The number of nitrogens with zero attached hydrogens (tertiary/aromatic N) is 4. The Labute approximate surface area is 265 Å². The lowest BCUT2D eigenvalue weighted by atomic mass is 9.91. The quantitative estimate of drug-likeness (QED) is 0.282. The maximum absolute atomic E-state index is 14.3. The minimum absolute atomic E-state index is 0.0235. The van der Waals surface area contributed by atoms with Crippen LogP contribution < -0.4 is 19.6 Å². The number of halogens is 3. The molecule has 0 radical (unpaired) electrons. The second kappa shape index (κ2) is 11.2. The molecule has 0 spiro atoms. The summed E-state index contributed by atoms with van der Waals surface area (Å²) in [7, 11) is -8.00. The van der Waals surface area contributed by atoms with Gasteiger partial charge in [0.2, 0.25) is 0 Å². The van der Waals surface area contributed by atoms with E-state index in [2.05, 4.69) is 4.90 Å². The SMILES string of the molecule is O=C1Oc2c(cc3c4c2CCCN4CCC3)[P@](=NS(=O)(=O)c2ccc(Cl)cc2)(N2CCOCC2)N1c1ccc(Cl)c(Cl)c1. The minimum Gasteiger partial charge on any atom is -0.408 e. The molecule has 0 unspecified atom stereocenters. The van der Waals surface area contributed by atoms with Crippen molar-refractivity contribution in [2.75, 3.05) is 49.0 Å². The van der Waals surface area contributed by atoms with E-state index in [0.29, 0.717) is 53.1 Å². The van der Waals surface area contributed by atoms with E-state index >= 15 is 0 Å². The molecule has 3 aromatic rings. The number of carbonyl (C=O) groups is 1. The van der Waals surface area contributed by atoms with Crippen molar-refractivity contribution in [3.63, 3.8) is 0 Å². The molecule has 14 heteroatoms. The fraction of sp³-hybridized carbons (Fsp3) is 0.345. The van der Waals surface area contributed by atoms with Gasteiger partial charge in [-0.3, -0.25) is 0 Å². The monoisotopic (exact) mass is 680 g/mol. The number of carbonyl (C=O) groups excluding carboxylic acids is 1. The molecule has 1 saturated heterocycles. The maximum Gasteiger partial charge on any atom is 0.425 e. The van der Waals surface area contributed by atoms with E-state index in [1.54, 1.807) is 18.2 Å². The number of fused-ring (bicyclic) bond motifs is 2. The van der Waals surface area contributed by atoms with Gasteiger partial charge in [-0.05, 0) is 79.8 Å². The summed E-state index contributed by atoms with van der Waals surface area (Å²) in [5.41, 5.74) is 3.50. The Morgan fingerprint density at radius 3 is 2.30 bits per heavy atom. The van der Waals surface area contributed by atoms with Gasteiger partial charge in [0.25, 0.3) is 10.0 Å². The molecule has 9 nitrogen and oxygen atoms in total. The summed E-state index contributed by atoms with van der Waals surface area (Å²) in [5, 5.41) is 1.52. The molecule has 4 aliphatic rings. The second-order valence-electron chi connectivity index (χ2n) is 10.8. The Morgan fingerprint density at radius 1 is 0.860 bits per heavy atom. The van der Waals surface area contributed by atoms with Crippen molar-refractivity contribution in [2.24, 2.45) is 4.15 Å². The van der Waals surface area contributed by atoms with Gasteiger partial charge in [0.15, 0.2) is 7.36 Å². The molecule has 43 heavy (non-hydrogen) atoms. The Kier molecular flexibility index (Phi) is 7.70. The normalized spacial score (nSPS) is 22.1. The average Bonchev–Trinajstić information content (AvgIpc) is 3.00. The van der Waals surface area contributed by atoms with Crippen LogP contribution >= 0.6 is 42.2 Å². The van der Waals surface area contributed by atoms with Crippen LogP contribution in [0.15, 0.2) is 57.6 Å². The van der Waals surface area contributed by atoms with E-state index in [9.17, 15) is 13.2 Å². The van der Waals surface area contributed by atoms with Gasteiger partial charge >= 0.3 is 6.09 Å². The number of sulfonamides is 1. The topological polar surface area (TPSA) is 91.7 Å². The number of amides is 1. The smallest absolute Gasteiger partial charge is 0.408 e. The molecule has 3 aromatic carbocycles. The van der Waals surface area contributed by atoms with E-state index in [-0.39, 0.29) is 9.92 Å². The summed E-state index contributed by atoms with van der Waals surface area (Å²) in [4.78, 5) is 16.7. The summed E-state index contributed by atoms with van der Waals surface area (Å²) >= 11 is 18.8. The van der Waals surface area contributed by atoms with Crippen molar-refractivity contribution in [1.82, 2.24) is 4.67 Å². The zero-order chi connectivity index (χ0) is 29.9. The van der Waals surface area contributed by atoms with Gasteiger partial charge in [0.1, 0.15) is 5.75 Å². The number of hydrogen-bond donors (Lipinski definition) is 0. The molecular formula is C29H28Cl3N4O5PS. The lowest BCUT2D eigenvalue weighted by Gasteiger charge is -2.48. The standard InChI is InChI=1S/C29H28Cl3N4O5PS/c30-20-5-8-22(9-6-20)43(38,39)33-42(35-13-15-40-16-14-35)26-17-19-3-1-11-34-12-2-4-23(27(19)34)28(26)41-29(37)36(42)21-7-10-24(31)25(32)18-21/h5-10,17-18H,1-4,11-16H2/t42-/m0/s1. The lowest BCUT2D eigenvalue weighted by molar-refractivity contribution is 0.0742. The van der Waals surface area contributed by atoms with E-state index in [1.807, 2.05) is 10.7 Å². The Hall–Kier alpha value is -2.30. The van der Waals surface area contributed by atoms with Crippen molar-refractivity contribution in [3.05, 3.63) is 74.7 Å². The predicted molar refractivity (Wildman–Crippen MR) is 170 cm³/mol. The predicted octanol–water partition coefficient (Wildman–Crippen LogP) is 6.74. The molecule has 0 aromatic heterocycles. The fourth-order valence-electron chi connectivity index (χ4n) is 6.43. The molecule has 1 atom stereocenters. The van der Waals surface area contributed by atoms with Gasteiger partial charge in [-0.15, -0.1) is 4.15 Å². The van der Waals surface area contributed by atoms with Crippen molar-refractivity contribution >= 4 is 75.0 Å². The van der Waals surface area contributed by atoms with Crippen LogP contribution in [0.4, 0.5) is 16.2 Å². The maximum atomic E-state index is 14.3. The third-order valence-corrected chi connectivity index (χ3v) is 15.0. The Balaban J connectivity index is 1.60. The first-order valence-corrected chi connectivity index (χ1v) is 18.3. The van der Waals surface area contributed by atoms with Crippen molar-refractivity contribution < 1.29 is 22.7 Å². The largest absolute Gasteiger partial charge is 0.425 e. The summed E-state index contributed by atoms with van der Waals surface area (Å²) in [6, 6.07) is 12.7. The van der Waals surface area contributed by atoms with Gasteiger partial charge in [0.05, 0.1) is 39.1 Å². The van der Waals surface area contributed by atoms with Crippen LogP contribution in [-0.2, 0) is 27.6 Å². The summed E-state index contributed by atoms with van der Waals surface area (Å²) in [5.74, 6) is 0.418. The molecular weight excluding hydrogens is 654 g/mol. The van der Waals surface area contributed by atoms with E-state index in [0.717, 1.165) is 55.6 Å². The number of benzene rings is 3. The highest BCUT2D eigenvalue weighted by Crippen LogP contribution is 2.64. The van der Waals surface area contributed by atoms with Crippen LogP contribution in [0.1, 0.15) is 24.0 Å². The second-order valence-corrected chi connectivity index (χ2v) is 16.7. The number of rotatable bonds is 4. The van der Waals surface area contributed by atoms with Gasteiger partial charge in [-0.25, -0.2) is 14.1 Å². The van der Waals surface area contributed by atoms with Crippen LogP contribution in [0.5, 0.6) is 5.75 Å². The Morgan fingerprint density at radius 2 is 1.58 bits per heavy atom. The first-order valence-electron chi connectivity index (χ1n) is 14.1. The van der Waals surface area contributed by atoms with Gasteiger partial charge in [-0.2, -0.15) is 8.42 Å². The molecule has 1 fully saturated rings. The summed E-state index contributed by atoms with van der Waals surface area (Å²) < 4.78 is 48.7. The Bertz CT molecular complexity index is 1800. The van der Waals surface area contributed by atoms with Gasteiger partial charge in [-0.1, -0.05) is 34.8 Å². The number of aryl methyl sites for hydroxylation is 1. The number of ether oxygens (including phenoxy) is 2. The van der Waals surface area contributed by atoms with E-state index < -0.39 is 23.5 Å². The molecule has 0 bridgehead atoms. The van der Waals surface area contributed by atoms with Crippen LogP contribution in [0, 0.1) is 0 Å². The van der Waals surface area contributed by atoms with Crippen molar-refractivity contribution in [1.29, 1.82) is 0 Å². The summed E-state index contributed by atoms with van der Waals surface area (Å²) in [6.07, 6.45) is 2.71. The molecule has 0 N–H and O–H groups in total. The van der Waals surface area contributed by atoms with Crippen molar-refractivity contribution in [2.45, 2.75) is 30.6 Å². The third kappa shape index (κ3) is 4.96. The highest BCUT2D eigenvalue weighted by molar-refractivity contribution is 7.95. The van der Waals surface area contributed by atoms with E-state index in [4.69, 9.17) is 48.4 Å². The molecule has 1 amide bonds. The van der Waals surface area contributed by atoms with Crippen LogP contribution in [-0.4, -0.2) is 58.6 Å². The van der Waals surface area contributed by atoms with Gasteiger partial charge < -0.3 is 14.4 Å². The van der Waals surface area contributed by atoms with Crippen LogP contribution in [0.3, 0.4) is 0 Å². The molecule has 7 rings (SSSR count). The molecule has 0 aliphatic carbocycles. The molecule has 0 saturated carbocycles. The highest BCUT2D eigenvalue weighted by Gasteiger charge is 2.51. The van der Waals surface area contributed by atoms with Crippen molar-refractivity contribution in [3.8, 4) is 5.75 Å². The van der Waals surface area contributed by atoms with Crippen LogP contribution in [0.2, 0.25) is 15.1 Å². The number of hydrogen-bond acceptors (Lipinski definition) is 6. The van der Waals surface area contributed by atoms with E-state index in [1.165, 1.54) is 28.9 Å². The number of morpholine rings is 1. The minimum atomic E-state index is -4.33. The first kappa shape index (κ1) is 29.4.